The van der Waals surface area contributed by atoms with Crippen LogP contribution in [-0.2, 0) is 13.1 Å². The molecule has 0 fully saturated rings. The Kier molecular flexibility index (Phi) is 12.4. The van der Waals surface area contributed by atoms with E-state index in [1.807, 2.05) is 18.2 Å². The molecule has 20 heavy (non-hydrogen) atoms. The average Bonchev–Trinajstić information content (AvgIpc) is 2.46. The molecule has 0 aliphatic rings. The molecule has 0 N–H and O–H groups in total. The summed E-state index contributed by atoms with van der Waals surface area (Å²) in [5, 5.41) is 0. The van der Waals surface area contributed by atoms with Crippen molar-refractivity contribution < 1.29 is 21.9 Å². The molecule has 0 unspecified atom stereocenters. The van der Waals surface area contributed by atoms with E-state index in [0.717, 1.165) is 12.1 Å². The summed E-state index contributed by atoms with van der Waals surface area (Å²) in [7, 11) is 9.53. The number of aliphatic imine (C=N–C) groups is 1. The first-order chi connectivity index (χ1) is 9.65. The quantitative estimate of drug-likeness (QED) is 0.398. The van der Waals surface area contributed by atoms with Crippen LogP contribution in [0.2, 0.25) is 0 Å². The van der Waals surface area contributed by atoms with Gasteiger partial charge >= 0.3 is 33.3 Å². The van der Waals surface area contributed by atoms with Gasteiger partial charge in [-0.25, -0.2) is 8.78 Å². The topological polar surface area (TPSA) is 25.2 Å². The first kappa shape index (κ1) is 19.0. The zero-order valence-electron chi connectivity index (χ0n) is 10.4. The van der Waals surface area contributed by atoms with E-state index in [-0.39, 0.29) is 18.8 Å². The molecular formula is C13H11Cl2F2FeN2. The van der Waals surface area contributed by atoms with Crippen LogP contribution in [0, 0.1) is 11.6 Å². The Balaban J connectivity index is 0.000000336. The van der Waals surface area contributed by atoms with Gasteiger partial charge in [-0.15, -0.1) is 13.0 Å². The van der Waals surface area contributed by atoms with Crippen molar-refractivity contribution in [2.45, 2.75) is 6.92 Å². The molecule has 0 saturated heterocycles. The van der Waals surface area contributed by atoms with Gasteiger partial charge in [0.25, 0.3) is 0 Å². The van der Waals surface area contributed by atoms with Crippen LogP contribution < -0.4 is 0 Å². The third kappa shape index (κ3) is 9.87. The Morgan fingerprint density at radius 3 is 2.10 bits per heavy atom. The summed E-state index contributed by atoms with van der Waals surface area (Å²) < 4.78 is 24.9. The van der Waals surface area contributed by atoms with E-state index in [9.17, 15) is 8.78 Å². The predicted molar refractivity (Wildman–Crippen MR) is 75.1 cm³/mol. The molecule has 2 rings (SSSR count). The smallest absolute Gasteiger partial charge is 0.0267 e. The Hall–Kier alpha value is -1.00. The van der Waals surface area contributed by atoms with Crippen molar-refractivity contribution in [2.75, 3.05) is 0 Å². The van der Waals surface area contributed by atoms with Crippen molar-refractivity contribution in [1.29, 1.82) is 0 Å². The summed E-state index contributed by atoms with van der Waals surface area (Å²) in [5.74, 6) is -1.27. The van der Waals surface area contributed by atoms with E-state index in [0.29, 0.717) is 0 Å². The molecule has 1 heterocycles. The number of rotatable bonds is 1. The maximum absolute atomic E-state index is 12.7. The van der Waals surface area contributed by atoms with Gasteiger partial charge in [0.15, 0.2) is 0 Å². The van der Waals surface area contributed by atoms with Gasteiger partial charge < -0.3 is 4.99 Å². The fourth-order valence-corrected chi connectivity index (χ4v) is 1.00. The fourth-order valence-electron chi connectivity index (χ4n) is 1.00. The molecular weight excluding hydrogens is 349 g/mol. The van der Waals surface area contributed by atoms with Crippen LogP contribution in [-0.4, -0.2) is 11.2 Å². The molecule has 7 heteroatoms. The molecule has 0 aliphatic heterocycles. The van der Waals surface area contributed by atoms with Crippen molar-refractivity contribution in [1.82, 2.24) is 4.98 Å². The summed E-state index contributed by atoms with van der Waals surface area (Å²) >= 11 is 0.194. The minimum Gasteiger partial charge on any atom is -0.265 e. The van der Waals surface area contributed by atoms with Gasteiger partial charge in [0.1, 0.15) is 5.82 Å². The molecule has 0 saturated carbocycles. The van der Waals surface area contributed by atoms with Crippen LogP contribution in [0.3, 0.4) is 0 Å². The minimum atomic E-state index is -0.667. The van der Waals surface area contributed by atoms with Crippen molar-refractivity contribution in [3.63, 3.8) is 0 Å². The van der Waals surface area contributed by atoms with Crippen LogP contribution in [0.25, 0.3) is 0 Å². The fraction of sp³-hybridized carbons (Fsp3) is 0.0769. The minimum absolute atomic E-state index is 0.105. The maximum Gasteiger partial charge on any atom is 0.0267 e. The van der Waals surface area contributed by atoms with Gasteiger partial charge in [-0.2, -0.15) is 6.21 Å². The van der Waals surface area contributed by atoms with Crippen LogP contribution in [0.4, 0.5) is 14.5 Å². The second kappa shape index (κ2) is 13.0. The van der Waals surface area contributed by atoms with E-state index in [4.69, 9.17) is 20.2 Å². The first-order valence-corrected chi connectivity index (χ1v) is 8.22. The van der Waals surface area contributed by atoms with Crippen LogP contribution in [0.1, 0.15) is 6.92 Å². The van der Waals surface area contributed by atoms with Gasteiger partial charge in [-0.3, -0.25) is 4.98 Å². The van der Waals surface area contributed by atoms with Gasteiger partial charge in [-0.1, -0.05) is 11.8 Å². The van der Waals surface area contributed by atoms with Crippen LogP contribution >= 0.6 is 20.2 Å². The molecule has 0 bridgehead atoms. The Bertz CT molecular complexity index is 472. The number of benzene rings is 1. The van der Waals surface area contributed by atoms with Crippen molar-refractivity contribution >= 4 is 32.1 Å². The summed E-state index contributed by atoms with van der Waals surface area (Å²) in [6, 6.07) is 8.92. The summed E-state index contributed by atoms with van der Waals surface area (Å²) in [4.78, 5) is 7.34. The third-order valence-electron chi connectivity index (χ3n) is 1.71. The van der Waals surface area contributed by atoms with Crippen LogP contribution in [0.5, 0.6) is 0 Å². The number of aromatic nitrogens is 1. The second-order valence-corrected chi connectivity index (χ2v) is 4.83. The average molecular weight is 360 g/mol. The van der Waals surface area contributed by atoms with E-state index in [1.54, 1.807) is 19.3 Å². The van der Waals surface area contributed by atoms with Crippen molar-refractivity contribution in [2.24, 2.45) is 4.99 Å². The van der Waals surface area contributed by atoms with Crippen molar-refractivity contribution in [3.8, 4) is 0 Å². The maximum atomic E-state index is 12.7. The number of pyridine rings is 1. The molecule has 1 aromatic carbocycles. The van der Waals surface area contributed by atoms with Crippen LogP contribution in [0.15, 0.2) is 53.8 Å². The molecule has 2 nitrogen and oxygen atoms in total. The Morgan fingerprint density at radius 1 is 1.15 bits per heavy atom. The first-order valence-electron chi connectivity index (χ1n) is 5.18. The molecule has 0 amide bonds. The number of nitrogens with zero attached hydrogens (tertiary/aromatic N) is 2. The molecule has 109 valence electrons. The van der Waals surface area contributed by atoms with Crippen molar-refractivity contribution in [3.05, 3.63) is 60.4 Å². The normalized spacial score (nSPS) is 9.25. The number of halogens is 4. The summed E-state index contributed by atoms with van der Waals surface area (Å²) in [5.41, 5.74) is 0.105. The van der Waals surface area contributed by atoms with Gasteiger partial charge in [0, 0.05) is 12.4 Å². The standard InChI is InChI=1S/C8H6F2N.C5H5N.2ClH.Fe/c1-2-11-8-4-3-6(9)5-7(8)10;1-2-4-6-5-3-1;;;/h3-5H,1H3;1-5H;2*1H;/q-1;;;;+3/p-2. The number of hydrogen-bond acceptors (Lipinski definition) is 2. The zero-order valence-corrected chi connectivity index (χ0v) is 13.0. The molecule has 0 atom stereocenters. The zero-order chi connectivity index (χ0) is 15.2. The largest absolute Gasteiger partial charge is 0.265 e. The predicted octanol–water partition coefficient (Wildman–Crippen LogP) is 5.02. The van der Waals surface area contributed by atoms with Gasteiger partial charge in [-0.05, 0) is 24.3 Å². The van der Waals surface area contributed by atoms with E-state index < -0.39 is 11.6 Å². The Morgan fingerprint density at radius 2 is 1.75 bits per heavy atom. The molecule has 0 radical (unpaired) electrons. The molecule has 0 spiro atoms. The summed E-state index contributed by atoms with van der Waals surface area (Å²) in [6.07, 6.45) is 5.91. The van der Waals surface area contributed by atoms with Gasteiger partial charge in [0.05, 0.1) is 5.82 Å². The monoisotopic (exact) mass is 359 g/mol. The van der Waals surface area contributed by atoms with E-state index >= 15 is 0 Å². The van der Waals surface area contributed by atoms with E-state index in [1.165, 1.54) is 6.07 Å². The third-order valence-corrected chi connectivity index (χ3v) is 1.71. The SMILES string of the molecule is C[C-]=Nc1ccc(F)cc1F.[Cl][Fe+][Cl].c1ccncc1. The summed E-state index contributed by atoms with van der Waals surface area (Å²) in [6.45, 7) is 1.54. The second-order valence-electron chi connectivity index (χ2n) is 3.01. The molecule has 2 aromatic rings. The van der Waals surface area contributed by atoms with Gasteiger partial charge in [0.2, 0.25) is 0 Å². The van der Waals surface area contributed by atoms with E-state index in [2.05, 4.69) is 16.2 Å². The molecule has 0 aliphatic carbocycles. The Labute approximate surface area is 131 Å². The molecule has 1 aromatic heterocycles. The number of hydrogen-bond donors (Lipinski definition) is 0.